The number of hydrogen-bond donors (Lipinski definition) is 0. The first-order chi connectivity index (χ1) is 8.40. The molecule has 1 heterocycles. The van der Waals surface area contributed by atoms with Gasteiger partial charge in [0.05, 0.1) is 6.61 Å². The van der Waals surface area contributed by atoms with Gasteiger partial charge >= 0.3 is 0 Å². The minimum absolute atomic E-state index is 0.840. The molecule has 0 radical (unpaired) electrons. The van der Waals surface area contributed by atoms with Crippen molar-refractivity contribution in [3.05, 3.63) is 29.3 Å². The van der Waals surface area contributed by atoms with Gasteiger partial charge in [-0.2, -0.15) is 0 Å². The third-order valence-corrected chi connectivity index (χ3v) is 3.12. The summed E-state index contributed by atoms with van der Waals surface area (Å²) in [5.74, 6) is 1.01. The maximum absolute atomic E-state index is 5.77. The predicted molar refractivity (Wildman–Crippen MR) is 72.2 cm³/mol. The fourth-order valence-corrected chi connectivity index (χ4v) is 2.08. The first-order valence-corrected chi connectivity index (χ1v) is 6.65. The molecular formula is C15H21NO. The lowest BCUT2D eigenvalue weighted by atomic mass is 10.0. The minimum atomic E-state index is 0.840. The third-order valence-electron chi connectivity index (χ3n) is 3.12. The molecule has 2 nitrogen and oxygen atoms in total. The zero-order valence-electron chi connectivity index (χ0n) is 10.6. The second-order valence-corrected chi connectivity index (χ2v) is 4.56. The molecule has 1 aliphatic heterocycles. The van der Waals surface area contributed by atoms with Crippen LogP contribution in [0.4, 0.5) is 0 Å². The van der Waals surface area contributed by atoms with Gasteiger partial charge in [-0.15, -0.1) is 0 Å². The highest BCUT2D eigenvalue weighted by atomic mass is 16.5. The molecule has 0 saturated heterocycles. The average Bonchev–Trinajstić information content (AvgIpc) is 2.38. The summed E-state index contributed by atoms with van der Waals surface area (Å²) in [4.78, 5) is 4.28. The van der Waals surface area contributed by atoms with E-state index in [1.54, 1.807) is 0 Å². The van der Waals surface area contributed by atoms with Crippen LogP contribution in [0.25, 0.3) is 0 Å². The Kier molecular flexibility index (Phi) is 4.60. The lowest BCUT2D eigenvalue weighted by Gasteiger charge is -2.12. The Morgan fingerprint density at radius 3 is 3.06 bits per heavy atom. The molecule has 0 spiro atoms. The summed E-state index contributed by atoms with van der Waals surface area (Å²) < 4.78 is 5.77. The standard InChI is InChI=1S/C15H21NO/c1-2-3-4-5-10-17-15-7-6-14-12-16-9-8-13(14)11-15/h6-7,11-12H,2-5,8-10H2,1H3. The summed E-state index contributed by atoms with van der Waals surface area (Å²) in [6.45, 7) is 3.98. The van der Waals surface area contributed by atoms with E-state index < -0.39 is 0 Å². The minimum Gasteiger partial charge on any atom is -0.494 e. The smallest absolute Gasteiger partial charge is 0.119 e. The molecule has 92 valence electrons. The summed E-state index contributed by atoms with van der Waals surface area (Å²) >= 11 is 0. The monoisotopic (exact) mass is 231 g/mol. The van der Waals surface area contributed by atoms with Crippen LogP contribution in [-0.2, 0) is 6.42 Å². The van der Waals surface area contributed by atoms with Gasteiger partial charge in [-0.3, -0.25) is 4.99 Å². The van der Waals surface area contributed by atoms with Crippen LogP contribution in [0.5, 0.6) is 5.75 Å². The molecule has 0 saturated carbocycles. The van der Waals surface area contributed by atoms with Crippen molar-refractivity contribution in [2.45, 2.75) is 39.0 Å². The van der Waals surface area contributed by atoms with E-state index in [1.807, 2.05) is 6.21 Å². The van der Waals surface area contributed by atoms with E-state index in [0.717, 1.165) is 31.7 Å². The van der Waals surface area contributed by atoms with Crippen LogP contribution in [0.15, 0.2) is 23.2 Å². The van der Waals surface area contributed by atoms with Crippen molar-refractivity contribution in [2.24, 2.45) is 4.99 Å². The molecule has 0 bridgehead atoms. The summed E-state index contributed by atoms with van der Waals surface area (Å²) in [5.41, 5.74) is 2.61. The molecule has 0 aromatic heterocycles. The molecule has 0 unspecified atom stereocenters. The topological polar surface area (TPSA) is 21.6 Å². The van der Waals surface area contributed by atoms with Crippen LogP contribution < -0.4 is 4.74 Å². The van der Waals surface area contributed by atoms with E-state index in [2.05, 4.69) is 30.1 Å². The van der Waals surface area contributed by atoms with E-state index >= 15 is 0 Å². The second kappa shape index (κ2) is 6.43. The van der Waals surface area contributed by atoms with Gasteiger partial charge in [0.2, 0.25) is 0 Å². The molecule has 2 heteroatoms. The van der Waals surface area contributed by atoms with Crippen molar-refractivity contribution in [3.8, 4) is 5.75 Å². The zero-order valence-corrected chi connectivity index (χ0v) is 10.6. The van der Waals surface area contributed by atoms with E-state index in [0.29, 0.717) is 0 Å². The van der Waals surface area contributed by atoms with Gasteiger partial charge in [0.1, 0.15) is 5.75 Å². The van der Waals surface area contributed by atoms with Crippen LogP contribution in [0.1, 0.15) is 43.7 Å². The number of unbranched alkanes of at least 4 members (excludes halogenated alkanes) is 3. The molecule has 0 amide bonds. The van der Waals surface area contributed by atoms with Gasteiger partial charge in [-0.25, -0.2) is 0 Å². The highest BCUT2D eigenvalue weighted by Gasteiger charge is 2.06. The van der Waals surface area contributed by atoms with Crippen LogP contribution >= 0.6 is 0 Å². The molecular weight excluding hydrogens is 210 g/mol. The molecule has 1 aromatic carbocycles. The Hall–Kier alpha value is -1.31. The van der Waals surface area contributed by atoms with Gasteiger partial charge in [0.25, 0.3) is 0 Å². The quantitative estimate of drug-likeness (QED) is 0.685. The van der Waals surface area contributed by atoms with Gasteiger partial charge in [-0.1, -0.05) is 26.2 Å². The molecule has 17 heavy (non-hydrogen) atoms. The molecule has 1 aromatic rings. The van der Waals surface area contributed by atoms with Crippen molar-refractivity contribution >= 4 is 6.21 Å². The number of benzene rings is 1. The van der Waals surface area contributed by atoms with E-state index in [-0.39, 0.29) is 0 Å². The van der Waals surface area contributed by atoms with Crippen LogP contribution in [0, 0.1) is 0 Å². The number of rotatable bonds is 6. The lowest BCUT2D eigenvalue weighted by Crippen LogP contribution is -2.04. The number of hydrogen-bond acceptors (Lipinski definition) is 2. The summed E-state index contributed by atoms with van der Waals surface area (Å²) in [6, 6.07) is 6.33. The third kappa shape index (κ3) is 3.58. The van der Waals surface area contributed by atoms with Crippen molar-refractivity contribution in [1.82, 2.24) is 0 Å². The Labute approximate surface area is 104 Å². The first-order valence-electron chi connectivity index (χ1n) is 6.65. The number of fused-ring (bicyclic) bond motifs is 1. The SMILES string of the molecule is CCCCCCOc1ccc2c(c1)CCN=C2. The van der Waals surface area contributed by atoms with Crippen molar-refractivity contribution in [3.63, 3.8) is 0 Å². The normalized spacial score (nSPS) is 13.5. The number of aliphatic imine (C=N–C) groups is 1. The van der Waals surface area contributed by atoms with Crippen LogP contribution in [0.3, 0.4) is 0 Å². The molecule has 0 aliphatic carbocycles. The Morgan fingerprint density at radius 1 is 1.24 bits per heavy atom. The number of ether oxygens (including phenoxy) is 1. The van der Waals surface area contributed by atoms with Crippen LogP contribution in [-0.4, -0.2) is 19.4 Å². The van der Waals surface area contributed by atoms with Crippen LogP contribution in [0.2, 0.25) is 0 Å². The summed E-state index contributed by atoms with van der Waals surface area (Å²) in [6.07, 6.45) is 8.02. The lowest BCUT2D eigenvalue weighted by molar-refractivity contribution is 0.305. The average molecular weight is 231 g/mol. The first kappa shape index (κ1) is 12.2. The highest BCUT2D eigenvalue weighted by molar-refractivity contribution is 5.83. The van der Waals surface area contributed by atoms with Gasteiger partial charge < -0.3 is 4.74 Å². The molecule has 0 N–H and O–H groups in total. The predicted octanol–water partition coefficient (Wildman–Crippen LogP) is 3.62. The van der Waals surface area contributed by atoms with Crippen molar-refractivity contribution in [1.29, 1.82) is 0 Å². The fraction of sp³-hybridized carbons (Fsp3) is 0.533. The van der Waals surface area contributed by atoms with E-state index in [9.17, 15) is 0 Å². The molecule has 0 atom stereocenters. The van der Waals surface area contributed by atoms with Gasteiger partial charge in [0.15, 0.2) is 0 Å². The van der Waals surface area contributed by atoms with Crippen molar-refractivity contribution in [2.75, 3.05) is 13.2 Å². The molecule has 2 rings (SSSR count). The Morgan fingerprint density at radius 2 is 2.18 bits per heavy atom. The summed E-state index contributed by atoms with van der Waals surface area (Å²) in [7, 11) is 0. The van der Waals surface area contributed by atoms with E-state index in [4.69, 9.17) is 4.74 Å². The maximum Gasteiger partial charge on any atom is 0.119 e. The summed E-state index contributed by atoms with van der Waals surface area (Å²) in [5, 5.41) is 0. The van der Waals surface area contributed by atoms with Gasteiger partial charge in [0, 0.05) is 12.8 Å². The van der Waals surface area contributed by atoms with Gasteiger partial charge in [-0.05, 0) is 42.2 Å². The number of nitrogens with zero attached hydrogens (tertiary/aromatic N) is 1. The fourth-order valence-electron chi connectivity index (χ4n) is 2.08. The zero-order chi connectivity index (χ0) is 11.9. The maximum atomic E-state index is 5.77. The van der Waals surface area contributed by atoms with Crippen molar-refractivity contribution < 1.29 is 4.74 Å². The molecule has 1 aliphatic rings. The Balaban J connectivity index is 1.83. The molecule has 0 fully saturated rings. The second-order valence-electron chi connectivity index (χ2n) is 4.56. The van der Waals surface area contributed by atoms with E-state index in [1.165, 1.54) is 30.4 Å². The highest BCUT2D eigenvalue weighted by Crippen LogP contribution is 2.20. The Bertz CT molecular complexity index is 385. The largest absolute Gasteiger partial charge is 0.494 e.